The van der Waals surface area contributed by atoms with Crippen LogP contribution < -0.4 is 10.6 Å². The number of piperidine rings is 1. The maximum absolute atomic E-state index is 13.3. The minimum atomic E-state index is -0.204. The quantitative estimate of drug-likeness (QED) is 0.745. The number of pyridine rings is 1. The van der Waals surface area contributed by atoms with Gasteiger partial charge in [-0.1, -0.05) is 20.8 Å². The van der Waals surface area contributed by atoms with Gasteiger partial charge in [0.05, 0.1) is 22.2 Å². The summed E-state index contributed by atoms with van der Waals surface area (Å²) in [4.78, 5) is 18.1. The van der Waals surface area contributed by atoms with Crippen LogP contribution in [0.1, 0.15) is 75.6 Å². The van der Waals surface area contributed by atoms with E-state index in [9.17, 15) is 4.79 Å². The molecule has 2 aromatic heterocycles. The predicted molar refractivity (Wildman–Crippen MR) is 124 cm³/mol. The SMILES string of the molecule is Cc1nn(C(C)(C)C)c2nc(C(C)C)cc(C(=O)NC3CNCCC3C)c12.Cl.Cl. The van der Waals surface area contributed by atoms with Gasteiger partial charge in [-0.2, -0.15) is 5.10 Å². The van der Waals surface area contributed by atoms with Crippen LogP contribution in [0.2, 0.25) is 0 Å². The van der Waals surface area contributed by atoms with Crippen LogP contribution in [0.4, 0.5) is 0 Å². The number of carbonyl (C=O) groups excluding carboxylic acids is 1. The lowest BCUT2D eigenvalue weighted by Gasteiger charge is -2.30. The van der Waals surface area contributed by atoms with Crippen molar-refractivity contribution in [3.63, 3.8) is 0 Å². The number of nitrogens with one attached hydrogen (secondary N) is 2. The summed E-state index contributed by atoms with van der Waals surface area (Å²) in [7, 11) is 0. The molecule has 1 saturated heterocycles. The Hall–Kier alpha value is -1.37. The van der Waals surface area contributed by atoms with Crippen molar-refractivity contribution in [2.24, 2.45) is 5.92 Å². The molecular weight excluding hydrogens is 409 g/mol. The van der Waals surface area contributed by atoms with Crippen LogP contribution >= 0.6 is 24.8 Å². The first-order chi connectivity index (χ1) is 12.6. The summed E-state index contributed by atoms with van der Waals surface area (Å²) in [5.41, 5.74) is 3.06. The van der Waals surface area contributed by atoms with Gasteiger partial charge in [-0.25, -0.2) is 9.67 Å². The Labute approximate surface area is 186 Å². The number of aryl methyl sites for hydroxylation is 1. The molecule has 0 spiro atoms. The number of hydrogen-bond acceptors (Lipinski definition) is 4. The highest BCUT2D eigenvalue weighted by molar-refractivity contribution is 6.06. The van der Waals surface area contributed by atoms with Crippen molar-refractivity contribution < 1.29 is 4.79 Å². The molecule has 1 aliphatic heterocycles. The first-order valence-corrected chi connectivity index (χ1v) is 10.0. The average molecular weight is 444 g/mol. The van der Waals surface area contributed by atoms with E-state index < -0.39 is 0 Å². The third-order valence-electron chi connectivity index (χ3n) is 5.45. The van der Waals surface area contributed by atoms with Gasteiger partial charge in [0.25, 0.3) is 5.91 Å². The Morgan fingerprint density at radius 2 is 1.97 bits per heavy atom. The number of aromatic nitrogens is 3. The third-order valence-corrected chi connectivity index (χ3v) is 5.45. The summed E-state index contributed by atoms with van der Waals surface area (Å²) in [6, 6.07) is 2.10. The lowest BCUT2D eigenvalue weighted by Crippen LogP contribution is -2.50. The molecule has 1 amide bonds. The topological polar surface area (TPSA) is 71.8 Å². The molecule has 0 aliphatic carbocycles. The van der Waals surface area contributed by atoms with Crippen LogP contribution in [0.15, 0.2) is 6.07 Å². The minimum absolute atomic E-state index is 0. The van der Waals surface area contributed by atoms with Crippen molar-refractivity contribution in [2.75, 3.05) is 13.1 Å². The number of nitrogens with zero attached hydrogens (tertiary/aromatic N) is 3. The van der Waals surface area contributed by atoms with Gasteiger partial charge in [0, 0.05) is 18.3 Å². The molecule has 29 heavy (non-hydrogen) atoms. The molecule has 0 aromatic carbocycles. The van der Waals surface area contributed by atoms with Gasteiger partial charge in [-0.15, -0.1) is 24.8 Å². The van der Waals surface area contributed by atoms with Gasteiger partial charge >= 0.3 is 0 Å². The third kappa shape index (κ3) is 5.22. The molecule has 2 atom stereocenters. The molecule has 1 aliphatic rings. The molecule has 2 N–H and O–H groups in total. The van der Waals surface area contributed by atoms with E-state index in [1.807, 2.05) is 17.7 Å². The van der Waals surface area contributed by atoms with Crippen molar-refractivity contribution in [1.82, 2.24) is 25.4 Å². The second-order valence-corrected chi connectivity index (χ2v) is 9.17. The first-order valence-electron chi connectivity index (χ1n) is 10.0. The molecule has 3 heterocycles. The smallest absolute Gasteiger partial charge is 0.252 e. The zero-order chi connectivity index (χ0) is 19.9. The van der Waals surface area contributed by atoms with E-state index in [0.717, 1.165) is 41.9 Å². The molecular formula is C21H35Cl2N5O. The van der Waals surface area contributed by atoms with Gasteiger partial charge in [0.1, 0.15) is 0 Å². The summed E-state index contributed by atoms with van der Waals surface area (Å²) in [5.74, 6) is 0.678. The fraction of sp³-hybridized carbons (Fsp3) is 0.667. The van der Waals surface area contributed by atoms with E-state index in [1.165, 1.54) is 0 Å². The van der Waals surface area contributed by atoms with E-state index in [-0.39, 0.29) is 48.2 Å². The molecule has 8 heteroatoms. The molecule has 3 rings (SSSR count). The molecule has 0 saturated carbocycles. The van der Waals surface area contributed by atoms with Crippen molar-refractivity contribution in [3.8, 4) is 0 Å². The van der Waals surface area contributed by atoms with Crippen molar-refractivity contribution in [1.29, 1.82) is 0 Å². The first kappa shape index (κ1) is 25.7. The number of halogens is 2. The Kier molecular flexibility index (Phi) is 8.52. The van der Waals surface area contributed by atoms with E-state index in [2.05, 4.69) is 52.2 Å². The molecule has 164 valence electrons. The highest BCUT2D eigenvalue weighted by atomic mass is 35.5. The second-order valence-electron chi connectivity index (χ2n) is 9.17. The summed E-state index contributed by atoms with van der Waals surface area (Å²) >= 11 is 0. The fourth-order valence-electron chi connectivity index (χ4n) is 3.68. The molecule has 0 radical (unpaired) electrons. The van der Waals surface area contributed by atoms with Gasteiger partial charge < -0.3 is 10.6 Å². The number of amides is 1. The lowest BCUT2D eigenvalue weighted by atomic mass is 9.94. The number of fused-ring (bicyclic) bond motifs is 1. The molecule has 6 nitrogen and oxygen atoms in total. The monoisotopic (exact) mass is 443 g/mol. The van der Waals surface area contributed by atoms with Crippen LogP contribution in [-0.2, 0) is 5.54 Å². The highest BCUT2D eigenvalue weighted by Crippen LogP contribution is 2.29. The molecule has 2 aromatic rings. The average Bonchev–Trinajstić information content (AvgIpc) is 2.93. The Morgan fingerprint density at radius 1 is 1.31 bits per heavy atom. The van der Waals surface area contributed by atoms with Gasteiger partial charge in [-0.3, -0.25) is 4.79 Å². The second kappa shape index (κ2) is 9.63. The molecule has 0 bridgehead atoms. The highest BCUT2D eigenvalue weighted by Gasteiger charge is 2.28. The molecule has 1 fully saturated rings. The fourth-order valence-corrected chi connectivity index (χ4v) is 3.68. The Balaban J connectivity index is 0.00000210. The minimum Gasteiger partial charge on any atom is -0.348 e. The Bertz CT molecular complexity index is 857. The van der Waals surface area contributed by atoms with E-state index >= 15 is 0 Å². The maximum Gasteiger partial charge on any atom is 0.252 e. The number of hydrogen-bond donors (Lipinski definition) is 2. The zero-order valence-corrected chi connectivity index (χ0v) is 20.1. The van der Waals surface area contributed by atoms with Crippen molar-refractivity contribution >= 4 is 41.8 Å². The van der Waals surface area contributed by atoms with Gasteiger partial charge in [0.2, 0.25) is 0 Å². The van der Waals surface area contributed by atoms with Crippen LogP contribution in [0, 0.1) is 12.8 Å². The summed E-state index contributed by atoms with van der Waals surface area (Å²) in [6.45, 7) is 16.5. The number of rotatable bonds is 3. The van der Waals surface area contributed by atoms with Crippen LogP contribution in [0.25, 0.3) is 11.0 Å². The summed E-state index contributed by atoms with van der Waals surface area (Å²) < 4.78 is 1.95. The van der Waals surface area contributed by atoms with Crippen LogP contribution in [-0.4, -0.2) is 39.8 Å². The lowest BCUT2D eigenvalue weighted by molar-refractivity contribution is 0.0916. The zero-order valence-electron chi connectivity index (χ0n) is 18.5. The largest absolute Gasteiger partial charge is 0.348 e. The normalized spacial score (nSPS) is 19.6. The summed E-state index contributed by atoms with van der Waals surface area (Å²) in [5, 5.41) is 12.2. The van der Waals surface area contributed by atoms with Crippen LogP contribution in [0.5, 0.6) is 0 Å². The van der Waals surface area contributed by atoms with Crippen LogP contribution in [0.3, 0.4) is 0 Å². The standard InChI is InChI=1S/C21H33N5O.2ClH/c1-12(2)16-10-15(20(27)24-17-11-22-9-8-13(17)3)18-14(4)25-26(19(18)23-16)21(5,6)7;;/h10,12-13,17,22H,8-9,11H2,1-7H3,(H,24,27);2*1H. The Morgan fingerprint density at radius 3 is 2.52 bits per heavy atom. The van der Waals surface area contributed by atoms with E-state index in [1.54, 1.807) is 0 Å². The number of carbonyl (C=O) groups is 1. The van der Waals surface area contributed by atoms with Gasteiger partial charge in [-0.05, 0) is 58.6 Å². The maximum atomic E-state index is 13.3. The molecule has 2 unspecified atom stereocenters. The summed E-state index contributed by atoms with van der Waals surface area (Å²) in [6.07, 6.45) is 1.08. The predicted octanol–water partition coefficient (Wildman–Crippen LogP) is 4.19. The van der Waals surface area contributed by atoms with E-state index in [4.69, 9.17) is 10.1 Å². The van der Waals surface area contributed by atoms with Crippen molar-refractivity contribution in [3.05, 3.63) is 23.0 Å². The van der Waals surface area contributed by atoms with Crippen molar-refractivity contribution in [2.45, 2.75) is 72.4 Å². The van der Waals surface area contributed by atoms with Gasteiger partial charge in [0.15, 0.2) is 5.65 Å². The van der Waals surface area contributed by atoms with E-state index in [0.29, 0.717) is 11.5 Å².